The Bertz CT molecular complexity index is 469. The van der Waals surface area contributed by atoms with Gasteiger partial charge in [0.1, 0.15) is 30.2 Å². The smallest absolute Gasteiger partial charge is 0.229 e. The number of aliphatic hydroxyl groups excluding tert-OH is 4. The zero-order valence-electron chi connectivity index (χ0n) is 10.2. The first-order valence-electron chi connectivity index (χ1n) is 5.86. The second-order valence-corrected chi connectivity index (χ2v) is 5.23. The minimum Gasteiger partial charge on any atom is -0.460 e. The third-order valence-corrected chi connectivity index (χ3v) is 3.52. The zero-order chi connectivity index (χ0) is 14.9. The van der Waals surface area contributed by atoms with Crippen molar-refractivity contribution in [3.63, 3.8) is 0 Å². The molecule has 0 amide bonds. The Morgan fingerprint density at radius 1 is 1.10 bits per heavy atom. The summed E-state index contributed by atoms with van der Waals surface area (Å²) in [5.74, 6) is 0.195. The Labute approximate surface area is 125 Å². The summed E-state index contributed by atoms with van der Waals surface area (Å²) < 4.78 is 10.6. The van der Waals surface area contributed by atoms with Crippen molar-refractivity contribution in [2.24, 2.45) is 0 Å². The first-order valence-corrected chi connectivity index (χ1v) is 6.62. The van der Waals surface area contributed by atoms with Gasteiger partial charge in [0.2, 0.25) is 6.29 Å². The van der Waals surface area contributed by atoms with Crippen LogP contribution >= 0.6 is 23.2 Å². The van der Waals surface area contributed by atoms with E-state index in [0.29, 0.717) is 5.02 Å². The fourth-order valence-electron chi connectivity index (χ4n) is 1.86. The van der Waals surface area contributed by atoms with E-state index in [-0.39, 0.29) is 10.8 Å². The van der Waals surface area contributed by atoms with Crippen LogP contribution in [0.1, 0.15) is 0 Å². The Morgan fingerprint density at radius 2 is 1.80 bits per heavy atom. The van der Waals surface area contributed by atoms with Crippen molar-refractivity contribution in [3.05, 3.63) is 28.2 Å². The van der Waals surface area contributed by atoms with Gasteiger partial charge in [-0.05, 0) is 18.2 Å². The highest BCUT2D eigenvalue weighted by Crippen LogP contribution is 2.31. The van der Waals surface area contributed by atoms with E-state index in [2.05, 4.69) is 0 Å². The normalized spacial score (nSPS) is 34.0. The standard InChI is InChI=1S/C12H14Cl2O6/c13-5-1-2-7(6(14)3-5)19-12-11(18)10(17)9(16)8(4-15)20-12/h1-3,8-12,15-18H,4H2/t8-,9-,10+,11-,12+/m1/s1. The molecular weight excluding hydrogens is 311 g/mol. The highest BCUT2D eigenvalue weighted by Gasteiger charge is 2.44. The maximum Gasteiger partial charge on any atom is 0.229 e. The van der Waals surface area contributed by atoms with E-state index in [1.807, 2.05) is 0 Å². The number of rotatable bonds is 3. The minimum atomic E-state index is -1.50. The van der Waals surface area contributed by atoms with Gasteiger partial charge in [-0.1, -0.05) is 23.2 Å². The topological polar surface area (TPSA) is 99.4 Å². The van der Waals surface area contributed by atoms with Gasteiger partial charge in [-0.3, -0.25) is 0 Å². The molecule has 1 aliphatic heterocycles. The molecule has 0 spiro atoms. The molecule has 20 heavy (non-hydrogen) atoms. The minimum absolute atomic E-state index is 0.195. The largest absolute Gasteiger partial charge is 0.460 e. The lowest BCUT2D eigenvalue weighted by molar-refractivity contribution is -0.277. The predicted molar refractivity (Wildman–Crippen MR) is 70.9 cm³/mol. The number of hydrogen-bond donors (Lipinski definition) is 4. The van der Waals surface area contributed by atoms with Crippen molar-refractivity contribution >= 4 is 23.2 Å². The lowest BCUT2D eigenvalue weighted by Crippen LogP contribution is -2.60. The molecule has 112 valence electrons. The van der Waals surface area contributed by atoms with E-state index in [0.717, 1.165) is 0 Å². The lowest BCUT2D eigenvalue weighted by Gasteiger charge is -2.39. The molecule has 1 aromatic carbocycles. The van der Waals surface area contributed by atoms with Crippen LogP contribution in [0.2, 0.25) is 10.0 Å². The van der Waals surface area contributed by atoms with Gasteiger partial charge >= 0.3 is 0 Å². The fraction of sp³-hybridized carbons (Fsp3) is 0.500. The molecule has 0 radical (unpaired) electrons. The number of aliphatic hydroxyl groups is 4. The van der Waals surface area contributed by atoms with E-state index in [9.17, 15) is 15.3 Å². The molecule has 0 aromatic heterocycles. The summed E-state index contributed by atoms with van der Waals surface area (Å²) in [7, 11) is 0. The van der Waals surface area contributed by atoms with Gasteiger partial charge in [0.05, 0.1) is 11.6 Å². The third kappa shape index (κ3) is 3.17. The average molecular weight is 325 g/mol. The molecule has 1 aromatic rings. The van der Waals surface area contributed by atoms with Crippen molar-refractivity contribution < 1.29 is 29.9 Å². The summed E-state index contributed by atoms with van der Waals surface area (Å²) in [6, 6.07) is 4.46. The van der Waals surface area contributed by atoms with E-state index >= 15 is 0 Å². The molecule has 1 aliphatic rings. The van der Waals surface area contributed by atoms with E-state index in [4.69, 9.17) is 37.8 Å². The van der Waals surface area contributed by atoms with Crippen molar-refractivity contribution in [1.29, 1.82) is 0 Å². The highest BCUT2D eigenvalue weighted by molar-refractivity contribution is 6.35. The van der Waals surface area contributed by atoms with Gasteiger partial charge in [-0.2, -0.15) is 0 Å². The maximum absolute atomic E-state index is 9.82. The second kappa shape index (κ2) is 6.44. The van der Waals surface area contributed by atoms with Crippen LogP contribution in [0.25, 0.3) is 0 Å². The molecule has 0 aliphatic carbocycles. The fourth-order valence-corrected chi connectivity index (χ4v) is 2.31. The molecule has 8 heteroatoms. The molecular formula is C12H14Cl2O6. The number of benzene rings is 1. The molecule has 1 fully saturated rings. The molecule has 0 bridgehead atoms. The van der Waals surface area contributed by atoms with Gasteiger partial charge in [0, 0.05) is 5.02 Å². The van der Waals surface area contributed by atoms with Crippen LogP contribution in [-0.4, -0.2) is 57.7 Å². The van der Waals surface area contributed by atoms with Crippen molar-refractivity contribution in [2.75, 3.05) is 6.61 Å². The predicted octanol–water partition coefficient (Wildman–Crippen LogP) is 0.172. The van der Waals surface area contributed by atoms with Gasteiger partial charge < -0.3 is 29.9 Å². The molecule has 0 unspecified atom stereocenters. The van der Waals surface area contributed by atoms with E-state index < -0.39 is 37.3 Å². The summed E-state index contributed by atoms with van der Waals surface area (Å²) in [5, 5.41) is 38.8. The summed E-state index contributed by atoms with van der Waals surface area (Å²) >= 11 is 11.7. The van der Waals surface area contributed by atoms with Gasteiger partial charge in [-0.25, -0.2) is 0 Å². The molecule has 6 nitrogen and oxygen atoms in total. The Balaban J connectivity index is 2.15. The summed E-state index contributed by atoms with van der Waals surface area (Å²) in [6.45, 7) is -0.529. The van der Waals surface area contributed by atoms with Crippen LogP contribution in [0.3, 0.4) is 0 Å². The van der Waals surface area contributed by atoms with Crippen LogP contribution in [0.4, 0.5) is 0 Å². The zero-order valence-corrected chi connectivity index (χ0v) is 11.7. The highest BCUT2D eigenvalue weighted by atomic mass is 35.5. The summed E-state index contributed by atoms with van der Waals surface area (Å²) in [5.41, 5.74) is 0. The molecule has 0 saturated carbocycles. The summed E-state index contributed by atoms with van der Waals surface area (Å²) in [4.78, 5) is 0. The van der Waals surface area contributed by atoms with Crippen LogP contribution in [-0.2, 0) is 4.74 Å². The van der Waals surface area contributed by atoms with E-state index in [1.54, 1.807) is 0 Å². The Kier molecular flexibility index (Phi) is 5.09. The van der Waals surface area contributed by atoms with E-state index in [1.165, 1.54) is 18.2 Å². The van der Waals surface area contributed by atoms with Gasteiger partial charge in [-0.15, -0.1) is 0 Å². The molecule has 5 atom stereocenters. The van der Waals surface area contributed by atoms with Crippen molar-refractivity contribution in [1.82, 2.24) is 0 Å². The summed E-state index contributed by atoms with van der Waals surface area (Å²) in [6.07, 6.45) is -6.74. The number of halogens is 2. The van der Waals surface area contributed by atoms with Crippen LogP contribution < -0.4 is 4.74 Å². The number of ether oxygens (including phenoxy) is 2. The van der Waals surface area contributed by atoms with Gasteiger partial charge in [0.15, 0.2) is 0 Å². The first kappa shape index (κ1) is 15.8. The molecule has 2 rings (SSSR count). The first-order chi connectivity index (χ1) is 9.43. The average Bonchev–Trinajstić information content (AvgIpc) is 2.42. The monoisotopic (exact) mass is 324 g/mol. The van der Waals surface area contributed by atoms with Crippen molar-refractivity contribution in [2.45, 2.75) is 30.7 Å². The molecule has 1 heterocycles. The second-order valence-electron chi connectivity index (χ2n) is 4.39. The maximum atomic E-state index is 9.82. The van der Waals surface area contributed by atoms with Crippen LogP contribution in [0, 0.1) is 0 Å². The SMILES string of the molecule is OC[C@H]1O[C@H](Oc2ccc(Cl)cc2Cl)[C@H](O)[C@@H](O)[C@@H]1O. The Hall–Kier alpha value is -0.600. The number of hydrogen-bond acceptors (Lipinski definition) is 6. The molecule has 1 saturated heterocycles. The van der Waals surface area contributed by atoms with Crippen LogP contribution in [0.15, 0.2) is 18.2 Å². The van der Waals surface area contributed by atoms with Crippen molar-refractivity contribution in [3.8, 4) is 5.75 Å². The van der Waals surface area contributed by atoms with Gasteiger partial charge in [0.25, 0.3) is 0 Å². The quantitative estimate of drug-likeness (QED) is 0.632. The van der Waals surface area contributed by atoms with Crippen LogP contribution in [0.5, 0.6) is 5.75 Å². The Morgan fingerprint density at radius 3 is 2.40 bits per heavy atom. The lowest BCUT2D eigenvalue weighted by atomic mass is 9.99. The third-order valence-electron chi connectivity index (χ3n) is 2.99. The molecule has 4 N–H and O–H groups in total.